The number of halogens is 1. The summed E-state index contributed by atoms with van der Waals surface area (Å²) in [5, 5.41) is 0. The predicted molar refractivity (Wildman–Crippen MR) is 54.0 cm³/mol. The van der Waals surface area contributed by atoms with Crippen molar-refractivity contribution in [2.24, 2.45) is 5.92 Å². The third-order valence-corrected chi connectivity index (χ3v) is 2.68. The molecule has 1 fully saturated rings. The summed E-state index contributed by atoms with van der Waals surface area (Å²) in [6, 6.07) is 6.08. The number of hydrogen-bond acceptors (Lipinski definition) is 2. The van der Waals surface area contributed by atoms with E-state index in [2.05, 4.69) is 0 Å². The maximum atomic E-state index is 12.6. The van der Waals surface area contributed by atoms with Crippen molar-refractivity contribution in [1.82, 2.24) is 0 Å². The van der Waals surface area contributed by atoms with Gasteiger partial charge < -0.3 is 4.74 Å². The Morgan fingerprint density at radius 1 is 1.40 bits per heavy atom. The monoisotopic (exact) mass is 208 g/mol. The molecule has 1 heterocycles. The van der Waals surface area contributed by atoms with Crippen LogP contribution in [-0.2, 0) is 16.0 Å². The van der Waals surface area contributed by atoms with E-state index >= 15 is 0 Å². The van der Waals surface area contributed by atoms with Crippen LogP contribution in [0.4, 0.5) is 4.39 Å². The summed E-state index contributed by atoms with van der Waals surface area (Å²) in [6.07, 6.45) is 1.20. The molecule has 80 valence electrons. The van der Waals surface area contributed by atoms with Crippen LogP contribution in [0.3, 0.4) is 0 Å². The quantitative estimate of drug-likeness (QED) is 0.759. The molecule has 0 aromatic heterocycles. The molecule has 1 unspecified atom stereocenters. The van der Waals surface area contributed by atoms with Gasteiger partial charge in [-0.05, 0) is 24.1 Å². The zero-order valence-electron chi connectivity index (χ0n) is 8.41. The molecule has 1 atom stereocenters. The van der Waals surface area contributed by atoms with E-state index < -0.39 is 0 Å². The molecule has 1 aliphatic rings. The third-order valence-electron chi connectivity index (χ3n) is 2.68. The first-order chi connectivity index (χ1) is 7.25. The van der Waals surface area contributed by atoms with Gasteiger partial charge in [-0.1, -0.05) is 12.1 Å². The van der Waals surface area contributed by atoms with Crippen molar-refractivity contribution in [3.05, 3.63) is 35.6 Å². The number of rotatable bonds is 3. The van der Waals surface area contributed by atoms with E-state index in [-0.39, 0.29) is 17.5 Å². The molecule has 0 bridgehead atoms. The Morgan fingerprint density at radius 3 is 2.73 bits per heavy atom. The highest BCUT2D eigenvalue weighted by Gasteiger charge is 2.23. The lowest BCUT2D eigenvalue weighted by Gasteiger charge is -2.06. The number of carbonyl (C=O) groups is 1. The minimum absolute atomic E-state index is 0.0371. The molecule has 0 radical (unpaired) electrons. The molecule has 0 amide bonds. The highest BCUT2D eigenvalue weighted by molar-refractivity contribution is 5.83. The van der Waals surface area contributed by atoms with Crippen LogP contribution in [0.15, 0.2) is 24.3 Å². The van der Waals surface area contributed by atoms with Gasteiger partial charge in [-0.15, -0.1) is 0 Å². The van der Waals surface area contributed by atoms with Gasteiger partial charge in [-0.3, -0.25) is 4.79 Å². The first-order valence-corrected chi connectivity index (χ1v) is 5.10. The standard InChI is InChI=1S/C12H13FO2/c13-11-3-1-9(2-4-11)7-12(14)10-5-6-15-8-10/h1-4,10H,5-8H2. The summed E-state index contributed by atoms with van der Waals surface area (Å²) in [5.74, 6) is -0.0374. The highest BCUT2D eigenvalue weighted by Crippen LogP contribution is 2.16. The topological polar surface area (TPSA) is 26.3 Å². The minimum atomic E-state index is -0.268. The van der Waals surface area contributed by atoms with E-state index in [1.807, 2.05) is 0 Å². The highest BCUT2D eigenvalue weighted by atomic mass is 19.1. The van der Waals surface area contributed by atoms with Crippen molar-refractivity contribution in [3.63, 3.8) is 0 Å². The Bertz CT molecular complexity index is 339. The van der Waals surface area contributed by atoms with Gasteiger partial charge in [0.05, 0.1) is 6.61 Å². The van der Waals surface area contributed by atoms with Crippen molar-refractivity contribution in [2.45, 2.75) is 12.8 Å². The minimum Gasteiger partial charge on any atom is -0.381 e. The Labute approximate surface area is 88.1 Å². The average Bonchev–Trinajstić information content (AvgIpc) is 2.74. The summed E-state index contributed by atoms with van der Waals surface area (Å²) >= 11 is 0. The maximum absolute atomic E-state index is 12.6. The van der Waals surface area contributed by atoms with Gasteiger partial charge in [-0.25, -0.2) is 4.39 Å². The Balaban J connectivity index is 1.96. The summed E-state index contributed by atoms with van der Waals surface area (Å²) in [4.78, 5) is 11.7. The van der Waals surface area contributed by atoms with Crippen LogP contribution in [0.25, 0.3) is 0 Å². The first kappa shape index (κ1) is 10.3. The molecule has 1 aromatic rings. The number of ketones is 1. The number of Topliss-reactive ketones (excluding diaryl/α,β-unsaturated/α-hetero) is 1. The summed E-state index contributed by atoms with van der Waals surface area (Å²) < 4.78 is 17.8. The molecule has 1 aliphatic heterocycles. The van der Waals surface area contributed by atoms with Crippen molar-refractivity contribution in [1.29, 1.82) is 0 Å². The van der Waals surface area contributed by atoms with Crippen LogP contribution in [0.5, 0.6) is 0 Å². The zero-order valence-corrected chi connectivity index (χ0v) is 8.41. The van der Waals surface area contributed by atoms with E-state index in [0.29, 0.717) is 19.6 Å². The Morgan fingerprint density at radius 2 is 2.13 bits per heavy atom. The van der Waals surface area contributed by atoms with Crippen LogP contribution >= 0.6 is 0 Å². The number of benzene rings is 1. The van der Waals surface area contributed by atoms with Crippen LogP contribution in [0.1, 0.15) is 12.0 Å². The van der Waals surface area contributed by atoms with Gasteiger partial charge in [-0.2, -0.15) is 0 Å². The summed E-state index contributed by atoms with van der Waals surface area (Å²) in [7, 11) is 0. The predicted octanol–water partition coefficient (Wildman–Crippen LogP) is 1.97. The number of hydrogen-bond donors (Lipinski definition) is 0. The fraction of sp³-hybridized carbons (Fsp3) is 0.417. The molecule has 0 spiro atoms. The van der Waals surface area contributed by atoms with E-state index in [1.54, 1.807) is 12.1 Å². The molecule has 2 rings (SSSR count). The van der Waals surface area contributed by atoms with Gasteiger partial charge in [0.1, 0.15) is 11.6 Å². The molecule has 1 saturated heterocycles. The number of ether oxygens (including phenoxy) is 1. The first-order valence-electron chi connectivity index (χ1n) is 5.10. The van der Waals surface area contributed by atoms with Crippen LogP contribution in [-0.4, -0.2) is 19.0 Å². The second-order valence-corrected chi connectivity index (χ2v) is 3.83. The van der Waals surface area contributed by atoms with Crippen LogP contribution in [0.2, 0.25) is 0 Å². The third kappa shape index (κ3) is 2.63. The van der Waals surface area contributed by atoms with Crippen LogP contribution in [0, 0.1) is 11.7 Å². The van der Waals surface area contributed by atoms with Crippen LogP contribution < -0.4 is 0 Å². The van der Waals surface area contributed by atoms with Crippen molar-refractivity contribution >= 4 is 5.78 Å². The Hall–Kier alpha value is -1.22. The molecular formula is C12H13FO2. The summed E-state index contributed by atoms with van der Waals surface area (Å²) in [5.41, 5.74) is 0.869. The molecular weight excluding hydrogens is 195 g/mol. The van der Waals surface area contributed by atoms with Gasteiger partial charge >= 0.3 is 0 Å². The lowest BCUT2D eigenvalue weighted by Crippen LogP contribution is -2.16. The Kier molecular flexibility index (Phi) is 3.11. The second-order valence-electron chi connectivity index (χ2n) is 3.83. The largest absolute Gasteiger partial charge is 0.381 e. The molecule has 0 aliphatic carbocycles. The average molecular weight is 208 g/mol. The summed E-state index contributed by atoms with van der Waals surface area (Å²) in [6.45, 7) is 1.22. The fourth-order valence-electron chi connectivity index (χ4n) is 1.74. The molecule has 1 aromatic carbocycles. The fourth-order valence-corrected chi connectivity index (χ4v) is 1.74. The van der Waals surface area contributed by atoms with E-state index in [4.69, 9.17) is 4.74 Å². The van der Waals surface area contributed by atoms with Gasteiger partial charge in [0, 0.05) is 18.9 Å². The van der Waals surface area contributed by atoms with E-state index in [1.165, 1.54) is 12.1 Å². The molecule has 3 heteroatoms. The van der Waals surface area contributed by atoms with Gasteiger partial charge in [0.25, 0.3) is 0 Å². The lowest BCUT2D eigenvalue weighted by atomic mass is 9.97. The van der Waals surface area contributed by atoms with Gasteiger partial charge in [0.15, 0.2) is 0 Å². The normalized spacial score (nSPS) is 20.5. The lowest BCUT2D eigenvalue weighted by molar-refractivity contribution is -0.122. The van der Waals surface area contributed by atoms with E-state index in [0.717, 1.165) is 12.0 Å². The van der Waals surface area contributed by atoms with Crippen molar-refractivity contribution in [3.8, 4) is 0 Å². The van der Waals surface area contributed by atoms with Crippen molar-refractivity contribution in [2.75, 3.05) is 13.2 Å². The smallest absolute Gasteiger partial charge is 0.142 e. The molecule has 0 saturated carbocycles. The SMILES string of the molecule is O=C(Cc1ccc(F)cc1)C1CCOC1. The number of carbonyl (C=O) groups excluding carboxylic acids is 1. The molecule has 2 nitrogen and oxygen atoms in total. The second kappa shape index (κ2) is 4.53. The van der Waals surface area contributed by atoms with Gasteiger partial charge in [0.2, 0.25) is 0 Å². The van der Waals surface area contributed by atoms with Crippen molar-refractivity contribution < 1.29 is 13.9 Å². The molecule has 0 N–H and O–H groups in total. The maximum Gasteiger partial charge on any atom is 0.142 e. The zero-order chi connectivity index (χ0) is 10.7. The molecule has 15 heavy (non-hydrogen) atoms. The van der Waals surface area contributed by atoms with E-state index in [9.17, 15) is 9.18 Å².